The van der Waals surface area contributed by atoms with Crippen molar-refractivity contribution in [1.29, 1.82) is 0 Å². The summed E-state index contributed by atoms with van der Waals surface area (Å²) >= 11 is 5.76. The molecule has 6 N–H and O–H groups in total. The van der Waals surface area contributed by atoms with Gasteiger partial charge in [-0.2, -0.15) is 13.2 Å². The molecule has 0 bridgehead atoms. The van der Waals surface area contributed by atoms with Gasteiger partial charge >= 0.3 is 18.4 Å². The SMILES string of the molecule is CC(C)(C)OC(=O)N1CCCC(F)(CN)C1.CC(C)(C)OC(=O)N1CCCC(F)(CNS(C)(=O)=O)C1.CS(=O)(=O)NCC1(F)CCCNC1.O=CC(F)(F)F.[C-]#[N+]c1cc2c(Cl)ncnc2cc1F.[C-]#[N+]c1cc2c(N3CCCC(F)(CNS(C)(=O)=O)C3)ncnc2cc1F. The molecule has 2 aromatic heterocycles. The van der Waals surface area contributed by atoms with Gasteiger partial charge in [0.25, 0.3) is 0 Å². The van der Waals surface area contributed by atoms with Crippen LogP contribution in [0.25, 0.3) is 31.5 Å². The lowest BCUT2D eigenvalue weighted by atomic mass is 9.94. The van der Waals surface area contributed by atoms with Crippen LogP contribution in [0.3, 0.4) is 0 Å². The van der Waals surface area contributed by atoms with Crippen LogP contribution < -0.4 is 30.1 Å². The third-order valence-corrected chi connectivity index (χ3v) is 15.9. The highest BCUT2D eigenvalue weighted by molar-refractivity contribution is 7.89. The van der Waals surface area contributed by atoms with Crippen LogP contribution in [0.4, 0.5) is 66.3 Å². The third kappa shape index (κ3) is 30.6. The molecule has 4 atom stereocenters. The average molecular weight is 1440 g/mol. The highest BCUT2D eigenvalue weighted by atomic mass is 35.5. The summed E-state index contributed by atoms with van der Waals surface area (Å²) < 4.78 is 199. The number of nitrogens with two attached hydrogens (primary N) is 1. The largest absolute Gasteiger partial charge is 0.446 e. The first-order chi connectivity index (χ1) is 43.6. The first-order valence-corrected chi connectivity index (χ1v) is 35.1. The van der Waals surface area contributed by atoms with Crippen LogP contribution in [0.2, 0.25) is 5.15 Å². The van der Waals surface area contributed by atoms with E-state index in [1.54, 1.807) is 46.4 Å². The van der Waals surface area contributed by atoms with E-state index < -0.39 is 100 Å². The predicted molar refractivity (Wildman–Crippen MR) is 339 cm³/mol. The van der Waals surface area contributed by atoms with E-state index in [-0.39, 0.29) is 81.7 Å². The molecular formula is C57H80ClF9N14O11S3. The number of aldehydes is 1. The molecule has 95 heavy (non-hydrogen) atoms. The average Bonchev–Trinajstić information content (AvgIpc) is 0.789. The van der Waals surface area contributed by atoms with E-state index in [0.717, 1.165) is 37.8 Å². The lowest BCUT2D eigenvalue weighted by Gasteiger charge is -2.38. The number of ether oxygens (including phenoxy) is 2. The fraction of sp³-hybridized carbons (Fsp3) is 0.632. The maximum Gasteiger partial charge on any atom is 0.446 e. The van der Waals surface area contributed by atoms with E-state index in [1.807, 2.05) is 0 Å². The molecule has 4 aliphatic heterocycles. The van der Waals surface area contributed by atoms with E-state index in [1.165, 1.54) is 40.7 Å². The molecule has 4 fully saturated rings. The van der Waals surface area contributed by atoms with Crippen molar-refractivity contribution >= 4 is 99.1 Å². The molecule has 532 valence electrons. The minimum atomic E-state index is -4.64. The Hall–Kier alpha value is -6.58. The number of sulfonamides is 3. The third-order valence-electron chi connectivity index (χ3n) is 13.6. The number of nitrogens with zero attached hydrogens (tertiary/aromatic N) is 9. The highest BCUT2D eigenvalue weighted by Gasteiger charge is 2.41. The Bertz CT molecular complexity index is 3710. The van der Waals surface area contributed by atoms with Gasteiger partial charge in [-0.25, -0.2) is 105 Å². The Kier molecular flexibility index (Phi) is 30.1. The van der Waals surface area contributed by atoms with Gasteiger partial charge < -0.3 is 35.2 Å². The smallest absolute Gasteiger partial charge is 0.444 e. The second-order valence-electron chi connectivity index (χ2n) is 24.8. The number of anilines is 1. The summed E-state index contributed by atoms with van der Waals surface area (Å²) in [7, 11) is -10.2. The molecular weight excluding hydrogens is 1360 g/mol. The fourth-order valence-corrected chi connectivity index (χ4v) is 11.0. The molecule has 8 rings (SSSR count). The number of halogens is 10. The first-order valence-electron chi connectivity index (χ1n) is 29.1. The van der Waals surface area contributed by atoms with Crippen molar-refractivity contribution in [3.05, 3.63) is 76.5 Å². The number of nitrogens with one attached hydrogen (secondary N) is 4. The molecule has 0 radical (unpaired) electrons. The maximum absolute atomic E-state index is 15.1. The maximum atomic E-state index is 15.1. The van der Waals surface area contributed by atoms with E-state index in [0.29, 0.717) is 79.4 Å². The molecule has 2 amide bonds. The van der Waals surface area contributed by atoms with Crippen LogP contribution in [-0.4, -0.2) is 211 Å². The fourth-order valence-electron chi connectivity index (χ4n) is 9.24. The van der Waals surface area contributed by atoms with Gasteiger partial charge in [-0.3, -0.25) is 4.79 Å². The lowest BCUT2D eigenvalue weighted by Crippen LogP contribution is -2.53. The van der Waals surface area contributed by atoms with Gasteiger partial charge in [0, 0.05) is 63.1 Å². The van der Waals surface area contributed by atoms with Crippen LogP contribution in [0.5, 0.6) is 0 Å². The van der Waals surface area contributed by atoms with Crippen molar-refractivity contribution < 1.29 is 88.6 Å². The van der Waals surface area contributed by atoms with E-state index in [4.69, 9.17) is 44.7 Å². The van der Waals surface area contributed by atoms with Crippen molar-refractivity contribution in [2.75, 3.05) is 102 Å². The highest BCUT2D eigenvalue weighted by Crippen LogP contribution is 2.35. The van der Waals surface area contributed by atoms with Crippen molar-refractivity contribution in [2.24, 2.45) is 5.73 Å². The number of hydrogen-bond donors (Lipinski definition) is 5. The number of aromatic nitrogens is 4. The van der Waals surface area contributed by atoms with Crippen molar-refractivity contribution in [1.82, 2.24) is 49.2 Å². The topological polar surface area (TPSA) is 316 Å². The molecule has 4 aromatic rings. The second kappa shape index (κ2) is 34.6. The van der Waals surface area contributed by atoms with Crippen LogP contribution >= 0.6 is 11.6 Å². The van der Waals surface area contributed by atoms with E-state index in [9.17, 15) is 70.0 Å². The zero-order valence-electron chi connectivity index (χ0n) is 53.8. The zero-order valence-corrected chi connectivity index (χ0v) is 57.0. The summed E-state index contributed by atoms with van der Waals surface area (Å²) in [4.78, 5) is 58.6. The van der Waals surface area contributed by atoms with Crippen molar-refractivity contribution in [3.63, 3.8) is 0 Å². The number of likely N-dealkylation sites (tertiary alicyclic amines) is 2. The lowest BCUT2D eigenvalue weighted by molar-refractivity contribution is -0.156. The number of rotatable bonds is 11. The molecule has 38 heteroatoms. The molecule has 2 aromatic carbocycles. The monoisotopic (exact) mass is 1440 g/mol. The predicted octanol–water partition coefficient (Wildman–Crippen LogP) is 8.48. The Morgan fingerprint density at radius 1 is 0.642 bits per heavy atom. The quantitative estimate of drug-likeness (QED) is 0.0407. The van der Waals surface area contributed by atoms with Crippen LogP contribution in [0, 0.1) is 24.8 Å². The molecule has 4 saturated heterocycles. The summed E-state index contributed by atoms with van der Waals surface area (Å²) in [6, 6.07) is 5.04. The number of fused-ring (bicyclic) bond motifs is 2. The summed E-state index contributed by atoms with van der Waals surface area (Å²) in [6.45, 7) is 25.9. The van der Waals surface area contributed by atoms with Gasteiger partial charge in [-0.15, -0.1) is 0 Å². The van der Waals surface area contributed by atoms with Gasteiger partial charge in [0.2, 0.25) is 47.7 Å². The number of carbonyl (C=O) groups excluding carboxylic acids is 3. The van der Waals surface area contributed by atoms with Crippen molar-refractivity contribution in [3.8, 4) is 0 Å². The van der Waals surface area contributed by atoms with Crippen LogP contribution in [-0.2, 0) is 44.3 Å². The molecule has 6 heterocycles. The Balaban J connectivity index is 0.000000309. The molecule has 25 nitrogen and oxygen atoms in total. The summed E-state index contributed by atoms with van der Waals surface area (Å²) in [6.07, 6.45) is 2.41. The van der Waals surface area contributed by atoms with E-state index >= 15 is 4.39 Å². The van der Waals surface area contributed by atoms with Crippen LogP contribution in [0.1, 0.15) is 92.9 Å². The van der Waals surface area contributed by atoms with Gasteiger partial charge in [0.15, 0.2) is 0 Å². The Morgan fingerprint density at radius 2 is 1.03 bits per heavy atom. The second-order valence-corrected chi connectivity index (χ2v) is 30.6. The first kappa shape index (κ1) is 82.7. The zero-order chi connectivity index (χ0) is 72.2. The van der Waals surface area contributed by atoms with E-state index in [2.05, 4.69) is 49.1 Å². The molecule has 4 unspecified atom stereocenters. The Morgan fingerprint density at radius 3 is 1.44 bits per heavy atom. The summed E-state index contributed by atoms with van der Waals surface area (Å²) in [5, 5.41) is 4.07. The van der Waals surface area contributed by atoms with Gasteiger partial charge in [-0.05, 0) is 124 Å². The van der Waals surface area contributed by atoms with Gasteiger partial charge in [0.05, 0.1) is 62.6 Å². The minimum absolute atomic E-state index is 0.0401. The number of benzene rings is 2. The molecule has 0 spiro atoms. The standard InChI is InChI=1S/C16H17F2N5O2S.C12H23FN2O4S.C11H21FN2O2.C9H3ClFN3.C7H15FN2O2S.C2HF3O/c1-19-14-6-11-13(7-12(14)17)20-10-21-15(11)23-5-3-4-16(18,9-23)8-22-26(2,24)25;1-11(2,3)19-10(16)15-7-5-6-12(13,9-15)8-14-20(4,17)18;1-10(2,3)16-9(15)14-6-4-5-11(12,7-13)8-14;1-12-8-2-5-7(3-6(8)11)13-4-14-9(5)10;1-13(11,12)10-6-7(8)3-2-4-9-5-7;3-2(4,5)1-6/h6-7,10,22H,3-5,8-9H2,2H3;14H,5-9H2,1-4H3;4-8,13H2,1-3H3;2-4H;9-10H,2-6H2,1H3;1H. The minimum Gasteiger partial charge on any atom is -0.444 e. The summed E-state index contributed by atoms with van der Waals surface area (Å²) in [5.74, 6) is -0.865. The molecule has 4 aliphatic rings. The van der Waals surface area contributed by atoms with Gasteiger partial charge in [-0.1, -0.05) is 11.6 Å². The number of piperidine rings is 4. The van der Waals surface area contributed by atoms with Crippen molar-refractivity contribution in [2.45, 2.75) is 133 Å². The summed E-state index contributed by atoms with van der Waals surface area (Å²) in [5.41, 5.74) is -1.69. The number of amides is 2. The van der Waals surface area contributed by atoms with Crippen LogP contribution in [0.15, 0.2) is 36.9 Å². The number of alkyl halides is 7. The van der Waals surface area contributed by atoms with Gasteiger partial charge in [0.1, 0.15) is 69.1 Å². The number of hydrogen-bond acceptors (Lipinski definition) is 18. The number of carbonyl (C=O) groups is 3. The molecule has 0 aliphatic carbocycles. The molecule has 0 saturated carbocycles. The Labute approximate surface area is 552 Å². The normalized spacial score (nSPS) is 21.7.